The molecule has 2 aromatic carbocycles. The monoisotopic (exact) mass is 600 g/mol. The van der Waals surface area contributed by atoms with E-state index in [4.69, 9.17) is 6.42 Å². The van der Waals surface area contributed by atoms with Gasteiger partial charge in [0.15, 0.2) is 0 Å². The maximum Gasteiger partial charge on any atom is 2.00 e. The average Bonchev–Trinajstić information content (AvgIpc) is 2.68. The molecular weight excluding hydrogens is 553 g/mol. The van der Waals surface area contributed by atoms with Crippen molar-refractivity contribution in [2.75, 3.05) is 0 Å². The topological polar surface area (TPSA) is 0 Å². The summed E-state index contributed by atoms with van der Waals surface area (Å²) in [6.45, 7) is 28.9. The van der Waals surface area contributed by atoms with Crippen LogP contribution in [0, 0.1) is 18.4 Å². The van der Waals surface area contributed by atoms with Crippen molar-refractivity contribution < 1.29 is 20.4 Å². The summed E-state index contributed by atoms with van der Waals surface area (Å²) in [7, 11) is -0.246. The van der Waals surface area contributed by atoms with Gasteiger partial charge in [0.1, 0.15) is 0 Å². The number of rotatable bonds is 4. The van der Waals surface area contributed by atoms with Gasteiger partial charge in [-0.2, -0.15) is 35.4 Å². The van der Waals surface area contributed by atoms with Crippen LogP contribution in [-0.2, 0) is 32.7 Å². The third-order valence-corrected chi connectivity index (χ3v) is 13.5. The van der Waals surface area contributed by atoms with Gasteiger partial charge in [-0.1, -0.05) is 117 Å². The first-order valence-corrected chi connectivity index (χ1v) is 15.4. The van der Waals surface area contributed by atoms with Crippen LogP contribution >= 0.6 is 15.8 Å². The number of hydrogen-bond donors (Lipinski definition) is 0. The van der Waals surface area contributed by atoms with Crippen molar-refractivity contribution in [3.63, 3.8) is 0 Å². The molecule has 0 aromatic heterocycles. The molecule has 3 heteroatoms. The molecule has 0 saturated heterocycles. The van der Waals surface area contributed by atoms with Gasteiger partial charge in [-0.3, -0.25) is 5.92 Å². The van der Waals surface area contributed by atoms with Crippen molar-refractivity contribution in [1.82, 2.24) is 0 Å². The maximum atomic E-state index is 6.69. The van der Waals surface area contributed by atoms with Gasteiger partial charge in [0.2, 0.25) is 0 Å². The van der Waals surface area contributed by atoms with Crippen LogP contribution in [0.4, 0.5) is 0 Å². The summed E-state index contributed by atoms with van der Waals surface area (Å²) in [5.74, 6) is 2.28. The first-order chi connectivity index (χ1) is 15.4. The Morgan fingerprint density at radius 2 is 0.943 bits per heavy atom. The van der Waals surface area contributed by atoms with E-state index >= 15 is 0 Å². The number of benzene rings is 2. The first kappa shape index (κ1) is 34.5. The molecule has 0 aliphatic rings. The Bertz CT molecular complexity index is 836. The molecule has 0 aliphatic heterocycles. The van der Waals surface area contributed by atoms with E-state index in [1.807, 2.05) is 30.3 Å². The molecule has 0 amide bonds. The van der Waals surface area contributed by atoms with Crippen LogP contribution in [0.15, 0.2) is 48.5 Å². The smallest absolute Gasteiger partial charge is 0.366 e. The van der Waals surface area contributed by atoms with Crippen molar-refractivity contribution in [3.05, 3.63) is 77.7 Å². The molecule has 0 N–H and O–H groups in total. The summed E-state index contributed by atoms with van der Waals surface area (Å²) < 4.78 is 0. The van der Waals surface area contributed by atoms with Gasteiger partial charge in [-0.15, -0.1) is 17.7 Å². The molecule has 0 unspecified atom stereocenters. The molecule has 0 heterocycles. The normalized spacial score (nSPS) is 12.5. The van der Waals surface area contributed by atoms with Crippen LogP contribution in [0.1, 0.15) is 99.8 Å². The van der Waals surface area contributed by atoms with E-state index in [0.29, 0.717) is 20.6 Å². The van der Waals surface area contributed by atoms with E-state index in [2.05, 4.69) is 113 Å². The van der Waals surface area contributed by atoms with E-state index < -0.39 is 0 Å². The predicted molar refractivity (Wildman–Crippen MR) is 158 cm³/mol. The molecule has 0 bridgehead atoms. The Morgan fingerprint density at radius 1 is 0.600 bits per heavy atom. The number of hydrogen-bond acceptors (Lipinski definition) is 0. The summed E-state index contributed by atoms with van der Waals surface area (Å²) in [4.78, 5) is 0. The van der Waals surface area contributed by atoms with Gasteiger partial charge in [0.05, 0.1) is 0 Å². The van der Waals surface area contributed by atoms with E-state index in [1.54, 1.807) is 0 Å². The minimum absolute atomic E-state index is 0. The van der Waals surface area contributed by atoms with Crippen LogP contribution in [-0.4, -0.2) is 20.6 Å². The summed E-state index contributed by atoms with van der Waals surface area (Å²) in [6.07, 6.45) is 9.05. The van der Waals surface area contributed by atoms with E-state index in [9.17, 15) is 0 Å². The fourth-order valence-corrected chi connectivity index (χ4v) is 11.6. The minimum atomic E-state index is -0.123. The fraction of sp³-hybridized carbons (Fsp3) is 0.562. The predicted octanol–water partition coefficient (Wildman–Crippen LogP) is 10.3. The van der Waals surface area contributed by atoms with E-state index in [-0.39, 0.29) is 36.3 Å². The summed E-state index contributed by atoms with van der Waals surface area (Å²) in [6, 6.07) is 20.1. The summed E-state index contributed by atoms with van der Waals surface area (Å²) in [5, 5.41) is 1.45. The van der Waals surface area contributed by atoms with E-state index in [0.717, 1.165) is 5.56 Å². The Hall–Kier alpha value is -0.478. The largest absolute Gasteiger partial charge is 2.00 e. The first-order valence-electron chi connectivity index (χ1n) is 12.4. The van der Waals surface area contributed by atoms with Crippen molar-refractivity contribution in [2.24, 2.45) is 0 Å². The Balaban J connectivity index is 0.00000108. The van der Waals surface area contributed by atoms with Crippen molar-refractivity contribution >= 4 is 15.8 Å². The van der Waals surface area contributed by atoms with Crippen LogP contribution in [0.5, 0.6) is 0 Å². The molecule has 0 nitrogen and oxygen atoms in total. The van der Waals surface area contributed by atoms with Crippen LogP contribution in [0.2, 0.25) is 0 Å². The zero-order valence-corrected chi connectivity index (χ0v) is 27.6. The van der Waals surface area contributed by atoms with E-state index in [1.165, 1.54) is 23.5 Å². The molecule has 196 valence electrons. The molecular formula is C32H48P2Pd. The minimum Gasteiger partial charge on any atom is -0.366 e. The summed E-state index contributed by atoms with van der Waals surface area (Å²) >= 11 is 0. The van der Waals surface area contributed by atoms with Gasteiger partial charge in [0.25, 0.3) is 0 Å². The molecule has 0 aliphatic carbocycles. The zero-order chi connectivity index (χ0) is 26.4. The Morgan fingerprint density at radius 3 is 1.20 bits per heavy atom. The van der Waals surface area contributed by atoms with Gasteiger partial charge in [-0.05, 0) is 32.9 Å². The average molecular weight is 601 g/mol. The quantitative estimate of drug-likeness (QED) is 0.142. The molecule has 0 spiro atoms. The second-order valence-electron chi connectivity index (χ2n) is 13.0. The fourth-order valence-electron chi connectivity index (χ4n) is 4.58. The molecule has 0 fully saturated rings. The summed E-state index contributed by atoms with van der Waals surface area (Å²) in [5.41, 5.74) is 3.65. The van der Waals surface area contributed by atoms with Crippen molar-refractivity contribution in [3.8, 4) is 5.92 Å². The zero-order valence-electron chi connectivity index (χ0n) is 24.2. The maximum absolute atomic E-state index is 6.69. The van der Waals surface area contributed by atoms with Gasteiger partial charge < -0.3 is 6.42 Å². The van der Waals surface area contributed by atoms with Gasteiger partial charge >= 0.3 is 20.4 Å². The molecule has 2 rings (SSSR count). The van der Waals surface area contributed by atoms with Crippen molar-refractivity contribution in [1.29, 1.82) is 0 Å². The molecule has 0 radical (unpaired) electrons. The third kappa shape index (κ3) is 12.5. The van der Waals surface area contributed by atoms with Gasteiger partial charge in [0, 0.05) is 0 Å². The van der Waals surface area contributed by atoms with Crippen LogP contribution in [0.3, 0.4) is 0 Å². The molecule has 2 aromatic rings. The van der Waals surface area contributed by atoms with Crippen LogP contribution < -0.4 is 0 Å². The third-order valence-electron chi connectivity index (χ3n) is 5.73. The second kappa shape index (κ2) is 13.9. The Kier molecular flexibility index (Phi) is 13.7. The standard InChI is InChI=1S/C24H43P2.C8H5.Pd/c1-21(2,3)25(22(4,5)6)17-19-14-13-15-20(16-19)18-26(23(7,8)9)24(10,11)12;1-2-8-6-4-3-5-7-8;/h13-15H,17-18H2,1-12H3;3-7H;/q2*-1;+2. The molecule has 35 heavy (non-hydrogen) atoms. The van der Waals surface area contributed by atoms with Gasteiger partial charge in [-0.25, -0.2) is 0 Å². The van der Waals surface area contributed by atoms with Crippen LogP contribution in [0.25, 0.3) is 0 Å². The SMILES string of the molecule is CC(C)(C)P(Cc1[c-]c(CP(C(C)(C)C)C(C)(C)C)ccc1)C(C)(C)C.[C-]#Cc1ccccc1.[Pd+2]. The Labute approximate surface area is 235 Å². The second-order valence-corrected chi connectivity index (χ2v) is 20.8. The molecule has 0 atom stereocenters. The molecule has 0 saturated carbocycles. The van der Waals surface area contributed by atoms with Crippen molar-refractivity contribution in [2.45, 2.75) is 116 Å².